The van der Waals surface area contributed by atoms with Gasteiger partial charge in [0.25, 0.3) is 0 Å². The first-order valence-electron chi connectivity index (χ1n) is 3.94. The Hall–Kier alpha value is -0.970. The maximum atomic E-state index is 11.1. The number of methoxy groups -OCH3 is 1. The van der Waals surface area contributed by atoms with Gasteiger partial charge in [0, 0.05) is 16.3 Å². The summed E-state index contributed by atoms with van der Waals surface area (Å²) in [7, 11) is 1.27. The number of ether oxygens (including phenoxy) is 1. The topological polar surface area (TPSA) is 78.3 Å². The van der Waals surface area contributed by atoms with Crippen molar-refractivity contribution < 1.29 is 9.53 Å². The lowest BCUT2D eigenvalue weighted by atomic mass is 10.1. The summed E-state index contributed by atoms with van der Waals surface area (Å²) in [6, 6.07) is 3.89. The Balaban J connectivity index is 0.00000196. The molecule has 0 aliphatic rings. The third-order valence-electron chi connectivity index (χ3n) is 1.84. The summed E-state index contributed by atoms with van der Waals surface area (Å²) < 4.78 is 4.50. The number of nitrogens with two attached hydrogens (primary N) is 2. The number of carbonyl (C=O) groups is 1. The summed E-state index contributed by atoms with van der Waals surface area (Å²) in [4.78, 5) is 11.1. The van der Waals surface area contributed by atoms with E-state index in [2.05, 4.69) is 4.74 Å². The van der Waals surface area contributed by atoms with Crippen LogP contribution >= 0.6 is 24.0 Å². The van der Waals surface area contributed by atoms with Gasteiger partial charge in [0.1, 0.15) is 6.04 Å². The van der Waals surface area contributed by atoms with E-state index < -0.39 is 12.0 Å². The van der Waals surface area contributed by atoms with E-state index in [4.69, 9.17) is 23.1 Å². The second-order valence-electron chi connectivity index (χ2n) is 2.77. The largest absolute Gasteiger partial charge is 0.468 e. The summed E-state index contributed by atoms with van der Waals surface area (Å²) >= 11 is 5.75. The van der Waals surface area contributed by atoms with Crippen LogP contribution in [0, 0.1) is 0 Å². The molecule has 4 N–H and O–H groups in total. The van der Waals surface area contributed by atoms with E-state index in [0.717, 1.165) is 0 Å². The zero-order valence-electron chi connectivity index (χ0n) is 8.07. The van der Waals surface area contributed by atoms with Crippen molar-refractivity contribution >= 4 is 35.7 Å². The number of esters is 1. The van der Waals surface area contributed by atoms with Gasteiger partial charge in [-0.25, -0.2) is 0 Å². The number of anilines is 1. The fourth-order valence-electron chi connectivity index (χ4n) is 1.07. The normalized spacial score (nSPS) is 11.4. The molecule has 1 aromatic carbocycles. The monoisotopic (exact) mass is 250 g/mol. The Morgan fingerprint density at radius 2 is 2.13 bits per heavy atom. The van der Waals surface area contributed by atoms with E-state index >= 15 is 0 Å². The van der Waals surface area contributed by atoms with Crippen molar-refractivity contribution in [1.29, 1.82) is 0 Å². The number of nitrogen functional groups attached to an aromatic ring is 1. The van der Waals surface area contributed by atoms with Crippen molar-refractivity contribution in [3.63, 3.8) is 0 Å². The van der Waals surface area contributed by atoms with Crippen LogP contribution in [0.3, 0.4) is 0 Å². The molecule has 0 radical (unpaired) electrons. The van der Waals surface area contributed by atoms with Crippen molar-refractivity contribution in [1.82, 2.24) is 0 Å². The first-order chi connectivity index (χ1) is 6.56. The molecule has 1 atom stereocenters. The number of halogens is 2. The van der Waals surface area contributed by atoms with Crippen LogP contribution in [0.4, 0.5) is 5.69 Å². The standard InChI is InChI=1S/C9H11ClN2O2.ClH/c1-14-9(13)8(12)6-4-5(10)2-3-7(6)11;/h2-4,8H,11-12H2,1H3;1H/t8-;/m1./s1. The fraction of sp³-hybridized carbons (Fsp3) is 0.222. The predicted molar refractivity (Wildman–Crippen MR) is 62.1 cm³/mol. The average Bonchev–Trinajstić information content (AvgIpc) is 2.19. The Bertz CT molecular complexity index is 358. The Morgan fingerprint density at radius 1 is 1.53 bits per heavy atom. The summed E-state index contributed by atoms with van der Waals surface area (Å²) in [6.07, 6.45) is 0. The molecule has 0 heterocycles. The van der Waals surface area contributed by atoms with Gasteiger partial charge >= 0.3 is 5.97 Å². The van der Waals surface area contributed by atoms with Crippen LogP contribution in [0.15, 0.2) is 18.2 Å². The average molecular weight is 251 g/mol. The van der Waals surface area contributed by atoms with Gasteiger partial charge in [-0.1, -0.05) is 11.6 Å². The van der Waals surface area contributed by atoms with Crippen molar-refractivity contribution in [2.45, 2.75) is 6.04 Å². The van der Waals surface area contributed by atoms with E-state index in [0.29, 0.717) is 16.3 Å². The van der Waals surface area contributed by atoms with E-state index in [-0.39, 0.29) is 12.4 Å². The van der Waals surface area contributed by atoms with Crippen molar-refractivity contribution in [3.05, 3.63) is 28.8 Å². The van der Waals surface area contributed by atoms with Gasteiger partial charge in [0.15, 0.2) is 0 Å². The fourth-order valence-corrected chi connectivity index (χ4v) is 1.25. The SMILES string of the molecule is COC(=O)[C@H](N)c1cc(Cl)ccc1N.Cl. The molecular formula is C9H12Cl2N2O2. The Kier molecular flexibility index (Phi) is 5.43. The van der Waals surface area contributed by atoms with Crippen LogP contribution in [-0.2, 0) is 9.53 Å². The maximum absolute atomic E-state index is 11.1. The molecule has 0 aliphatic heterocycles. The minimum absolute atomic E-state index is 0. The first kappa shape index (κ1) is 14.0. The molecule has 1 aromatic rings. The van der Waals surface area contributed by atoms with E-state index in [1.54, 1.807) is 18.2 Å². The molecule has 15 heavy (non-hydrogen) atoms. The lowest BCUT2D eigenvalue weighted by Crippen LogP contribution is -2.23. The molecule has 1 rings (SSSR count). The molecule has 0 unspecified atom stereocenters. The second kappa shape index (κ2) is 5.80. The van der Waals surface area contributed by atoms with E-state index in [9.17, 15) is 4.79 Å². The highest BCUT2D eigenvalue weighted by molar-refractivity contribution is 6.30. The molecule has 4 nitrogen and oxygen atoms in total. The molecule has 0 saturated carbocycles. The summed E-state index contributed by atoms with van der Waals surface area (Å²) in [5, 5.41) is 0.480. The quantitative estimate of drug-likeness (QED) is 0.617. The van der Waals surface area contributed by atoms with Crippen LogP contribution in [0.25, 0.3) is 0 Å². The van der Waals surface area contributed by atoms with E-state index in [1.165, 1.54) is 7.11 Å². The number of carbonyl (C=O) groups excluding carboxylic acids is 1. The Morgan fingerprint density at radius 3 is 2.67 bits per heavy atom. The van der Waals surface area contributed by atoms with Crippen molar-refractivity contribution in [2.24, 2.45) is 5.73 Å². The zero-order valence-corrected chi connectivity index (χ0v) is 9.64. The second-order valence-corrected chi connectivity index (χ2v) is 3.21. The minimum Gasteiger partial charge on any atom is -0.468 e. The minimum atomic E-state index is -0.890. The summed E-state index contributed by atoms with van der Waals surface area (Å²) in [6.45, 7) is 0. The van der Waals surface area contributed by atoms with E-state index in [1.807, 2.05) is 0 Å². The number of hydrogen-bond acceptors (Lipinski definition) is 4. The molecule has 6 heteroatoms. The molecule has 0 aromatic heterocycles. The lowest BCUT2D eigenvalue weighted by Gasteiger charge is -2.12. The van der Waals surface area contributed by atoms with Crippen LogP contribution in [0.5, 0.6) is 0 Å². The molecular weight excluding hydrogens is 239 g/mol. The lowest BCUT2D eigenvalue weighted by molar-refractivity contribution is -0.142. The van der Waals surface area contributed by atoms with Gasteiger partial charge in [-0.2, -0.15) is 0 Å². The van der Waals surface area contributed by atoms with Gasteiger partial charge in [-0.3, -0.25) is 4.79 Å². The van der Waals surface area contributed by atoms with Gasteiger partial charge in [0.2, 0.25) is 0 Å². The molecule has 0 saturated heterocycles. The maximum Gasteiger partial charge on any atom is 0.327 e. The third-order valence-corrected chi connectivity index (χ3v) is 2.07. The molecule has 0 bridgehead atoms. The van der Waals surface area contributed by atoms with Crippen LogP contribution in [0.1, 0.15) is 11.6 Å². The predicted octanol–water partition coefficient (Wildman–Crippen LogP) is 1.52. The Labute approximate surface area is 98.9 Å². The molecule has 0 aliphatic carbocycles. The number of hydrogen-bond donors (Lipinski definition) is 2. The number of benzene rings is 1. The first-order valence-corrected chi connectivity index (χ1v) is 4.32. The van der Waals surface area contributed by atoms with Crippen molar-refractivity contribution in [2.75, 3.05) is 12.8 Å². The van der Waals surface area contributed by atoms with Crippen LogP contribution in [-0.4, -0.2) is 13.1 Å². The van der Waals surface area contributed by atoms with Gasteiger partial charge in [-0.15, -0.1) is 12.4 Å². The molecule has 0 spiro atoms. The highest BCUT2D eigenvalue weighted by Crippen LogP contribution is 2.23. The summed E-state index contributed by atoms with van der Waals surface area (Å²) in [5.74, 6) is -0.543. The number of rotatable bonds is 2. The molecule has 84 valence electrons. The van der Waals surface area contributed by atoms with Crippen LogP contribution in [0.2, 0.25) is 5.02 Å². The van der Waals surface area contributed by atoms with Crippen molar-refractivity contribution in [3.8, 4) is 0 Å². The molecule has 0 amide bonds. The third kappa shape index (κ3) is 3.27. The van der Waals surface area contributed by atoms with Gasteiger partial charge in [0.05, 0.1) is 7.11 Å². The smallest absolute Gasteiger partial charge is 0.327 e. The zero-order chi connectivity index (χ0) is 10.7. The highest BCUT2D eigenvalue weighted by atomic mass is 35.5. The van der Waals surface area contributed by atoms with Gasteiger partial charge < -0.3 is 16.2 Å². The van der Waals surface area contributed by atoms with Gasteiger partial charge in [-0.05, 0) is 18.2 Å². The molecule has 0 fully saturated rings. The summed E-state index contributed by atoms with van der Waals surface area (Å²) in [5.41, 5.74) is 12.1. The highest BCUT2D eigenvalue weighted by Gasteiger charge is 2.18. The van der Waals surface area contributed by atoms with Crippen LogP contribution < -0.4 is 11.5 Å².